The first-order valence-corrected chi connectivity index (χ1v) is 9.59. The lowest BCUT2D eigenvalue weighted by Gasteiger charge is -2.19. The Bertz CT molecular complexity index is 980. The number of anilines is 1. The molecule has 160 valence electrons. The molecule has 1 aromatic heterocycles. The van der Waals surface area contributed by atoms with Crippen LogP contribution in [0, 0.1) is 13.8 Å². The summed E-state index contributed by atoms with van der Waals surface area (Å²) >= 11 is 0. The minimum absolute atomic E-state index is 0.106. The Hall–Kier alpha value is -3.49. The number of aromatic nitrogens is 1. The van der Waals surface area contributed by atoms with Crippen molar-refractivity contribution in [2.75, 3.05) is 25.1 Å². The second kappa shape index (κ2) is 8.89. The van der Waals surface area contributed by atoms with E-state index in [2.05, 4.69) is 10.3 Å². The lowest BCUT2D eigenvalue weighted by Crippen LogP contribution is -2.30. The molecule has 0 fully saturated rings. The van der Waals surface area contributed by atoms with Gasteiger partial charge < -0.3 is 29.2 Å². The lowest BCUT2D eigenvalue weighted by atomic mass is 10.1. The van der Waals surface area contributed by atoms with Gasteiger partial charge >= 0.3 is 11.9 Å². The number of ether oxygens (including phenoxy) is 4. The topological polar surface area (TPSA) is 116 Å². The third-order valence-electron chi connectivity index (χ3n) is 4.58. The second-order valence-electron chi connectivity index (χ2n) is 6.74. The minimum atomic E-state index is -1.07. The molecule has 1 amide bonds. The molecular formula is C21H24N2O7. The van der Waals surface area contributed by atoms with Gasteiger partial charge in [0, 0.05) is 17.4 Å². The monoisotopic (exact) mass is 416 g/mol. The van der Waals surface area contributed by atoms with E-state index < -0.39 is 23.9 Å². The number of aromatic amines is 1. The first-order chi connectivity index (χ1) is 14.3. The van der Waals surface area contributed by atoms with E-state index in [1.54, 1.807) is 39.0 Å². The summed E-state index contributed by atoms with van der Waals surface area (Å²) in [5.74, 6) is -0.629. The van der Waals surface area contributed by atoms with Gasteiger partial charge in [-0.3, -0.25) is 4.79 Å². The van der Waals surface area contributed by atoms with Crippen molar-refractivity contribution >= 4 is 23.5 Å². The predicted molar refractivity (Wildman–Crippen MR) is 107 cm³/mol. The Morgan fingerprint density at radius 1 is 1.13 bits per heavy atom. The normalized spacial score (nSPS) is 13.3. The highest BCUT2D eigenvalue weighted by atomic mass is 16.6. The van der Waals surface area contributed by atoms with E-state index in [0.717, 1.165) is 0 Å². The predicted octanol–water partition coefficient (Wildman–Crippen LogP) is 2.76. The van der Waals surface area contributed by atoms with Crippen molar-refractivity contribution in [1.29, 1.82) is 0 Å². The van der Waals surface area contributed by atoms with E-state index in [9.17, 15) is 14.4 Å². The van der Waals surface area contributed by atoms with E-state index in [1.165, 1.54) is 6.92 Å². The molecule has 1 aliphatic heterocycles. The van der Waals surface area contributed by atoms with Gasteiger partial charge in [0.1, 0.15) is 18.9 Å². The molecule has 1 atom stereocenters. The number of H-pyrrole nitrogens is 1. The van der Waals surface area contributed by atoms with Crippen molar-refractivity contribution in [2.45, 2.75) is 33.8 Å². The maximum atomic E-state index is 12.5. The fraction of sp³-hybridized carbons (Fsp3) is 0.381. The molecule has 1 aliphatic rings. The summed E-state index contributed by atoms with van der Waals surface area (Å²) in [6.07, 6.45) is -1.07. The summed E-state index contributed by atoms with van der Waals surface area (Å²) in [5, 5.41) is 2.68. The van der Waals surface area contributed by atoms with Crippen LogP contribution in [-0.4, -0.2) is 48.8 Å². The van der Waals surface area contributed by atoms with Gasteiger partial charge in [-0.05, 0) is 45.4 Å². The van der Waals surface area contributed by atoms with Crippen LogP contribution in [0.25, 0.3) is 0 Å². The number of fused-ring (bicyclic) bond motifs is 1. The fourth-order valence-corrected chi connectivity index (χ4v) is 3.10. The van der Waals surface area contributed by atoms with Crippen molar-refractivity contribution < 1.29 is 33.3 Å². The second-order valence-corrected chi connectivity index (χ2v) is 6.74. The van der Waals surface area contributed by atoms with Crippen LogP contribution in [0.1, 0.15) is 46.0 Å². The van der Waals surface area contributed by atoms with E-state index in [-0.39, 0.29) is 17.9 Å². The average Bonchev–Trinajstić information content (AvgIpc) is 3.02. The van der Waals surface area contributed by atoms with Gasteiger partial charge in [-0.1, -0.05) is 0 Å². The molecule has 0 saturated carbocycles. The standard InChI is InChI=1S/C21H24N2O7/c1-5-27-20(25)17-11(2)18(22-12(17)3)21(26)30-13(4)19(24)23-14-6-7-15-16(10-14)29-9-8-28-15/h6-7,10,13,22H,5,8-9H2,1-4H3,(H,23,24)/t13-/m0/s1. The molecule has 0 aliphatic carbocycles. The number of carbonyl (C=O) groups excluding carboxylic acids is 3. The highest BCUT2D eigenvalue weighted by molar-refractivity contribution is 6.00. The van der Waals surface area contributed by atoms with E-state index >= 15 is 0 Å². The highest BCUT2D eigenvalue weighted by Crippen LogP contribution is 2.32. The number of esters is 2. The summed E-state index contributed by atoms with van der Waals surface area (Å²) in [6, 6.07) is 5.01. The number of carbonyl (C=O) groups is 3. The van der Waals surface area contributed by atoms with Crippen molar-refractivity contribution in [2.24, 2.45) is 0 Å². The largest absolute Gasteiger partial charge is 0.486 e. The van der Waals surface area contributed by atoms with Gasteiger partial charge in [0.05, 0.1) is 12.2 Å². The molecule has 2 N–H and O–H groups in total. The van der Waals surface area contributed by atoms with Gasteiger partial charge in [0.25, 0.3) is 5.91 Å². The Balaban J connectivity index is 1.66. The molecule has 0 radical (unpaired) electrons. The molecular weight excluding hydrogens is 392 g/mol. The number of benzene rings is 1. The lowest BCUT2D eigenvalue weighted by molar-refractivity contribution is -0.123. The quantitative estimate of drug-likeness (QED) is 0.696. The number of amides is 1. The van der Waals surface area contributed by atoms with Gasteiger partial charge in [-0.2, -0.15) is 0 Å². The van der Waals surface area contributed by atoms with Crippen LogP contribution in [-0.2, 0) is 14.3 Å². The average molecular weight is 416 g/mol. The number of rotatable bonds is 6. The summed E-state index contributed by atoms with van der Waals surface area (Å²) < 4.78 is 21.2. The zero-order valence-electron chi connectivity index (χ0n) is 17.3. The number of nitrogens with one attached hydrogen (secondary N) is 2. The summed E-state index contributed by atoms with van der Waals surface area (Å²) in [7, 11) is 0. The zero-order chi connectivity index (χ0) is 21.8. The molecule has 0 unspecified atom stereocenters. The van der Waals surface area contributed by atoms with Crippen molar-refractivity contribution in [1.82, 2.24) is 4.98 Å². The molecule has 2 heterocycles. The van der Waals surface area contributed by atoms with E-state index in [4.69, 9.17) is 18.9 Å². The summed E-state index contributed by atoms with van der Waals surface area (Å²) in [5.41, 5.74) is 1.79. The van der Waals surface area contributed by atoms with Gasteiger partial charge in [0.15, 0.2) is 17.6 Å². The van der Waals surface area contributed by atoms with Crippen LogP contribution in [0.2, 0.25) is 0 Å². The number of hydrogen-bond acceptors (Lipinski definition) is 7. The summed E-state index contributed by atoms with van der Waals surface area (Å²) in [6.45, 7) is 7.57. The third kappa shape index (κ3) is 4.40. The van der Waals surface area contributed by atoms with Gasteiger partial charge in [-0.15, -0.1) is 0 Å². The molecule has 3 rings (SSSR count). The SMILES string of the molecule is CCOC(=O)c1c(C)[nH]c(C(=O)O[C@@H](C)C(=O)Nc2ccc3c(c2)OCCO3)c1C. The zero-order valence-corrected chi connectivity index (χ0v) is 17.3. The van der Waals surface area contributed by atoms with Crippen LogP contribution >= 0.6 is 0 Å². The van der Waals surface area contributed by atoms with Crippen LogP contribution in [0.4, 0.5) is 5.69 Å². The smallest absolute Gasteiger partial charge is 0.355 e. The molecule has 9 nitrogen and oxygen atoms in total. The van der Waals surface area contributed by atoms with Crippen molar-refractivity contribution in [3.8, 4) is 11.5 Å². The Morgan fingerprint density at radius 3 is 2.53 bits per heavy atom. The Labute approximate surface area is 173 Å². The first kappa shape index (κ1) is 21.2. The number of aryl methyl sites for hydroxylation is 1. The Morgan fingerprint density at radius 2 is 1.83 bits per heavy atom. The maximum absolute atomic E-state index is 12.5. The number of hydrogen-bond donors (Lipinski definition) is 2. The molecule has 0 bridgehead atoms. The third-order valence-corrected chi connectivity index (χ3v) is 4.58. The molecule has 30 heavy (non-hydrogen) atoms. The van der Waals surface area contributed by atoms with Crippen molar-refractivity contribution in [3.05, 3.63) is 40.7 Å². The molecule has 1 aromatic carbocycles. The Kier molecular flexibility index (Phi) is 6.29. The first-order valence-electron chi connectivity index (χ1n) is 9.59. The minimum Gasteiger partial charge on any atom is -0.486 e. The van der Waals surface area contributed by atoms with Crippen LogP contribution < -0.4 is 14.8 Å². The van der Waals surface area contributed by atoms with Crippen LogP contribution in [0.15, 0.2) is 18.2 Å². The molecule has 9 heteroatoms. The van der Waals surface area contributed by atoms with Gasteiger partial charge in [-0.25, -0.2) is 9.59 Å². The fourth-order valence-electron chi connectivity index (χ4n) is 3.10. The molecule has 2 aromatic rings. The molecule has 0 spiro atoms. The van der Waals surface area contributed by atoms with Crippen LogP contribution in [0.5, 0.6) is 11.5 Å². The molecule has 0 saturated heterocycles. The van der Waals surface area contributed by atoms with Crippen LogP contribution in [0.3, 0.4) is 0 Å². The van der Waals surface area contributed by atoms with Crippen molar-refractivity contribution in [3.63, 3.8) is 0 Å². The maximum Gasteiger partial charge on any atom is 0.355 e. The van der Waals surface area contributed by atoms with E-state index in [1.807, 2.05) is 0 Å². The van der Waals surface area contributed by atoms with E-state index in [0.29, 0.717) is 41.7 Å². The van der Waals surface area contributed by atoms with Gasteiger partial charge in [0.2, 0.25) is 0 Å². The summed E-state index contributed by atoms with van der Waals surface area (Å²) in [4.78, 5) is 39.9. The highest BCUT2D eigenvalue weighted by Gasteiger charge is 2.26.